The molecule has 6 heteroatoms. The van der Waals surface area contributed by atoms with E-state index < -0.39 is 0 Å². The largest absolute Gasteiger partial charge is 0.334 e. The minimum Gasteiger partial charge on any atom is -0.334 e. The second-order valence-electron chi connectivity index (χ2n) is 6.33. The van der Waals surface area contributed by atoms with Gasteiger partial charge < -0.3 is 10.6 Å². The van der Waals surface area contributed by atoms with Gasteiger partial charge in [-0.2, -0.15) is 0 Å². The Balaban J connectivity index is 2.02. The van der Waals surface area contributed by atoms with Gasteiger partial charge in [0.05, 0.1) is 0 Å². The fourth-order valence-electron chi connectivity index (χ4n) is 3.23. The van der Waals surface area contributed by atoms with E-state index in [9.17, 15) is 9.59 Å². The first kappa shape index (κ1) is 15.7. The fraction of sp³-hybridized carbons (Fsp3) is 0.471. The van der Waals surface area contributed by atoms with Crippen LogP contribution in [-0.4, -0.2) is 38.8 Å². The molecule has 0 spiro atoms. The summed E-state index contributed by atoms with van der Waals surface area (Å²) in [6.45, 7) is 4.48. The number of likely N-dealkylation sites (tertiary alicyclic amines) is 1. The molecule has 0 radical (unpaired) electrons. The third kappa shape index (κ3) is 2.86. The molecule has 0 unspecified atom stereocenters. The highest BCUT2D eigenvalue weighted by Crippen LogP contribution is 2.20. The van der Waals surface area contributed by atoms with Crippen molar-refractivity contribution < 1.29 is 4.79 Å². The van der Waals surface area contributed by atoms with E-state index in [1.165, 1.54) is 10.6 Å². The first-order chi connectivity index (χ1) is 11.0. The second-order valence-corrected chi connectivity index (χ2v) is 6.33. The van der Waals surface area contributed by atoms with Crippen LogP contribution in [0.5, 0.6) is 0 Å². The molecule has 0 bridgehead atoms. The molecule has 2 aromatic rings. The van der Waals surface area contributed by atoms with Gasteiger partial charge in [0.25, 0.3) is 11.5 Å². The predicted molar refractivity (Wildman–Crippen MR) is 88.5 cm³/mol. The lowest BCUT2D eigenvalue weighted by atomic mass is 9.96. The van der Waals surface area contributed by atoms with Crippen LogP contribution < -0.4 is 11.3 Å². The molecule has 6 nitrogen and oxygen atoms in total. The van der Waals surface area contributed by atoms with Crippen molar-refractivity contribution in [3.8, 4) is 0 Å². The van der Waals surface area contributed by atoms with E-state index in [-0.39, 0.29) is 29.1 Å². The van der Waals surface area contributed by atoms with Gasteiger partial charge in [0.2, 0.25) is 0 Å². The van der Waals surface area contributed by atoms with Gasteiger partial charge in [0.15, 0.2) is 0 Å². The number of fused-ring (bicyclic) bond motifs is 1. The minimum absolute atomic E-state index is 0.0191. The molecule has 2 atom stereocenters. The van der Waals surface area contributed by atoms with Crippen molar-refractivity contribution in [2.75, 3.05) is 6.54 Å². The molecular formula is C17H22N4O2. The van der Waals surface area contributed by atoms with Crippen LogP contribution in [0.3, 0.4) is 0 Å². The van der Waals surface area contributed by atoms with Crippen molar-refractivity contribution in [2.45, 2.75) is 45.2 Å². The molecule has 0 saturated carbocycles. The van der Waals surface area contributed by atoms with Crippen molar-refractivity contribution in [1.82, 2.24) is 14.3 Å². The standard InChI is InChI=1S/C17H22N4O2/c1-11-6-8-21-15(9-11)19-10-13(17(21)23)16(22)20-7-4-3-5-14(20)12(2)18/h6,8-10,12,14H,3-5,7,18H2,1-2H3/t12-,14-/m1/s1. The number of hydrogen-bond acceptors (Lipinski definition) is 4. The van der Waals surface area contributed by atoms with Gasteiger partial charge in [-0.3, -0.25) is 14.0 Å². The summed E-state index contributed by atoms with van der Waals surface area (Å²) in [6.07, 6.45) is 5.94. The Hall–Kier alpha value is -2.21. The summed E-state index contributed by atoms with van der Waals surface area (Å²) in [5.74, 6) is -0.264. The molecule has 1 aliphatic heterocycles. The van der Waals surface area contributed by atoms with E-state index in [1.54, 1.807) is 11.1 Å². The first-order valence-corrected chi connectivity index (χ1v) is 8.03. The molecule has 0 aliphatic carbocycles. The summed E-state index contributed by atoms with van der Waals surface area (Å²) >= 11 is 0. The van der Waals surface area contributed by atoms with E-state index in [2.05, 4.69) is 4.98 Å². The van der Waals surface area contributed by atoms with E-state index in [0.29, 0.717) is 12.2 Å². The van der Waals surface area contributed by atoms with Crippen molar-refractivity contribution in [3.05, 3.63) is 46.0 Å². The number of nitrogens with two attached hydrogens (primary N) is 1. The summed E-state index contributed by atoms with van der Waals surface area (Å²) in [7, 11) is 0. The number of aromatic nitrogens is 2. The summed E-state index contributed by atoms with van der Waals surface area (Å²) in [6, 6.07) is 3.52. The van der Waals surface area contributed by atoms with Crippen molar-refractivity contribution >= 4 is 11.6 Å². The van der Waals surface area contributed by atoms with Gasteiger partial charge in [-0.15, -0.1) is 0 Å². The Kier molecular flexibility index (Phi) is 4.17. The molecule has 1 amide bonds. The van der Waals surface area contributed by atoms with Crippen molar-refractivity contribution in [1.29, 1.82) is 0 Å². The number of amides is 1. The van der Waals surface area contributed by atoms with Gasteiger partial charge in [0, 0.05) is 31.0 Å². The Bertz CT molecular complexity index is 797. The SMILES string of the molecule is Cc1ccn2c(=O)c(C(=O)N3CCCC[C@@H]3[C@@H](C)N)cnc2c1. The first-order valence-electron chi connectivity index (χ1n) is 8.03. The number of piperidine rings is 1. The summed E-state index contributed by atoms with van der Waals surface area (Å²) < 4.78 is 1.42. The monoisotopic (exact) mass is 314 g/mol. The Labute approximate surface area is 134 Å². The lowest BCUT2D eigenvalue weighted by Gasteiger charge is -2.37. The normalized spacial score (nSPS) is 19.8. The fourth-order valence-corrected chi connectivity index (χ4v) is 3.23. The molecule has 0 aromatic carbocycles. The van der Waals surface area contributed by atoms with Crippen LogP contribution >= 0.6 is 0 Å². The average Bonchev–Trinajstić information content (AvgIpc) is 2.54. The number of hydrogen-bond donors (Lipinski definition) is 1. The zero-order chi connectivity index (χ0) is 16.6. The lowest BCUT2D eigenvalue weighted by molar-refractivity contribution is 0.0581. The number of carbonyl (C=O) groups is 1. The van der Waals surface area contributed by atoms with Crippen LogP contribution in [0.15, 0.2) is 29.3 Å². The third-order valence-electron chi connectivity index (χ3n) is 4.51. The number of pyridine rings is 1. The molecule has 23 heavy (non-hydrogen) atoms. The van der Waals surface area contributed by atoms with Gasteiger partial charge >= 0.3 is 0 Å². The minimum atomic E-state index is -0.325. The average molecular weight is 314 g/mol. The van der Waals surface area contributed by atoms with Gasteiger partial charge in [-0.05, 0) is 50.8 Å². The molecule has 1 aliphatic rings. The Morgan fingerprint density at radius 1 is 1.43 bits per heavy atom. The van der Waals surface area contributed by atoms with E-state index in [4.69, 9.17) is 5.73 Å². The smallest absolute Gasteiger partial charge is 0.270 e. The molecule has 2 aromatic heterocycles. The zero-order valence-electron chi connectivity index (χ0n) is 13.5. The maximum atomic E-state index is 12.9. The van der Waals surface area contributed by atoms with E-state index in [0.717, 1.165) is 24.8 Å². The predicted octanol–water partition coefficient (Wildman–Crippen LogP) is 1.34. The summed E-state index contributed by atoms with van der Waals surface area (Å²) in [5.41, 5.74) is 7.38. The lowest BCUT2D eigenvalue weighted by Crippen LogP contribution is -2.52. The number of nitrogens with zero attached hydrogens (tertiary/aromatic N) is 3. The summed E-state index contributed by atoms with van der Waals surface area (Å²) in [4.78, 5) is 31.5. The summed E-state index contributed by atoms with van der Waals surface area (Å²) in [5, 5.41) is 0. The highest BCUT2D eigenvalue weighted by molar-refractivity contribution is 5.94. The van der Waals surface area contributed by atoms with Crippen LogP contribution in [0.25, 0.3) is 5.65 Å². The molecule has 2 N–H and O–H groups in total. The van der Waals surface area contributed by atoms with Crippen molar-refractivity contribution in [3.63, 3.8) is 0 Å². The topological polar surface area (TPSA) is 80.7 Å². The second kappa shape index (κ2) is 6.12. The van der Waals surface area contributed by atoms with Crippen LogP contribution in [-0.2, 0) is 0 Å². The highest BCUT2D eigenvalue weighted by atomic mass is 16.2. The molecule has 122 valence electrons. The molecule has 1 fully saturated rings. The van der Waals surface area contributed by atoms with Crippen LogP contribution in [0.2, 0.25) is 0 Å². The molecule has 3 rings (SSSR count). The van der Waals surface area contributed by atoms with Gasteiger partial charge in [0.1, 0.15) is 11.2 Å². The maximum Gasteiger partial charge on any atom is 0.270 e. The Morgan fingerprint density at radius 2 is 2.22 bits per heavy atom. The molecule has 3 heterocycles. The van der Waals surface area contributed by atoms with E-state index in [1.807, 2.05) is 26.0 Å². The number of rotatable bonds is 2. The van der Waals surface area contributed by atoms with Gasteiger partial charge in [-0.25, -0.2) is 4.98 Å². The zero-order valence-corrected chi connectivity index (χ0v) is 13.5. The van der Waals surface area contributed by atoms with Crippen molar-refractivity contribution in [2.24, 2.45) is 5.73 Å². The van der Waals surface area contributed by atoms with E-state index >= 15 is 0 Å². The van der Waals surface area contributed by atoms with Crippen LogP contribution in [0.1, 0.15) is 42.1 Å². The third-order valence-corrected chi connectivity index (χ3v) is 4.51. The highest BCUT2D eigenvalue weighted by Gasteiger charge is 2.31. The molecular weight excluding hydrogens is 292 g/mol. The van der Waals surface area contributed by atoms with Crippen LogP contribution in [0.4, 0.5) is 0 Å². The maximum absolute atomic E-state index is 12.9. The quantitative estimate of drug-likeness (QED) is 0.907. The number of aryl methyl sites for hydroxylation is 1. The molecule has 1 saturated heterocycles. The van der Waals surface area contributed by atoms with Gasteiger partial charge in [-0.1, -0.05) is 0 Å². The Morgan fingerprint density at radius 3 is 2.96 bits per heavy atom. The van der Waals surface area contributed by atoms with Crippen LogP contribution in [0, 0.1) is 6.92 Å². The number of carbonyl (C=O) groups excluding carboxylic acids is 1.